The van der Waals surface area contributed by atoms with Crippen molar-refractivity contribution in [3.8, 4) is 5.75 Å². The van der Waals surface area contributed by atoms with E-state index in [1.165, 1.54) is 11.1 Å². The average molecular weight is 255 g/mol. The third-order valence-corrected chi connectivity index (χ3v) is 3.23. The Labute approximate surface area is 115 Å². The van der Waals surface area contributed by atoms with Crippen molar-refractivity contribution in [1.82, 2.24) is 0 Å². The number of anilines is 1. The van der Waals surface area contributed by atoms with Crippen LogP contribution in [0.15, 0.2) is 48.5 Å². The van der Waals surface area contributed by atoms with Crippen LogP contribution in [0.25, 0.3) is 0 Å². The third-order valence-electron chi connectivity index (χ3n) is 3.23. The smallest absolute Gasteiger partial charge is 0.123 e. The zero-order valence-corrected chi connectivity index (χ0v) is 11.8. The minimum Gasteiger partial charge on any atom is -0.496 e. The lowest BCUT2D eigenvalue weighted by molar-refractivity contribution is 0.410. The van der Waals surface area contributed by atoms with Crippen molar-refractivity contribution in [2.45, 2.75) is 26.3 Å². The van der Waals surface area contributed by atoms with Crippen molar-refractivity contribution in [2.75, 3.05) is 12.4 Å². The molecule has 0 amide bonds. The average Bonchev–Trinajstić information content (AvgIpc) is 2.45. The first-order valence-electron chi connectivity index (χ1n) is 6.66. The maximum Gasteiger partial charge on any atom is 0.123 e. The highest BCUT2D eigenvalue weighted by Crippen LogP contribution is 2.21. The minimum absolute atomic E-state index is 0.549. The molecule has 2 aromatic rings. The molecule has 0 saturated carbocycles. The largest absolute Gasteiger partial charge is 0.496 e. The number of rotatable bonds is 5. The molecular weight excluding hydrogens is 234 g/mol. The maximum absolute atomic E-state index is 5.36. The first kappa shape index (κ1) is 13.5. The molecule has 2 nitrogen and oxygen atoms in total. The fourth-order valence-corrected chi connectivity index (χ4v) is 2.05. The molecule has 0 bridgehead atoms. The SMILES string of the molecule is COc1ccccc1CNc1cccc(C(C)C)c1. The molecule has 0 unspecified atom stereocenters. The zero-order valence-electron chi connectivity index (χ0n) is 11.8. The van der Waals surface area contributed by atoms with Crippen LogP contribution in [-0.2, 0) is 6.54 Å². The summed E-state index contributed by atoms with van der Waals surface area (Å²) >= 11 is 0. The lowest BCUT2D eigenvalue weighted by atomic mass is 10.0. The van der Waals surface area contributed by atoms with Crippen molar-refractivity contribution in [2.24, 2.45) is 0 Å². The molecule has 0 aliphatic carbocycles. The molecule has 0 radical (unpaired) electrons. The van der Waals surface area contributed by atoms with Crippen LogP contribution in [0, 0.1) is 0 Å². The van der Waals surface area contributed by atoms with Gasteiger partial charge in [0.05, 0.1) is 7.11 Å². The van der Waals surface area contributed by atoms with Gasteiger partial charge in [-0.25, -0.2) is 0 Å². The highest BCUT2D eigenvalue weighted by molar-refractivity contribution is 5.48. The van der Waals surface area contributed by atoms with Gasteiger partial charge in [-0.15, -0.1) is 0 Å². The summed E-state index contributed by atoms with van der Waals surface area (Å²) in [6, 6.07) is 16.7. The van der Waals surface area contributed by atoms with Crippen molar-refractivity contribution in [3.05, 3.63) is 59.7 Å². The molecule has 0 atom stereocenters. The summed E-state index contributed by atoms with van der Waals surface area (Å²) in [6.07, 6.45) is 0. The Bertz CT molecular complexity index is 534. The summed E-state index contributed by atoms with van der Waals surface area (Å²) in [7, 11) is 1.71. The van der Waals surface area contributed by atoms with Gasteiger partial charge in [0, 0.05) is 17.8 Å². The van der Waals surface area contributed by atoms with E-state index in [-0.39, 0.29) is 0 Å². The van der Waals surface area contributed by atoms with Gasteiger partial charge in [0.25, 0.3) is 0 Å². The Morgan fingerprint density at radius 1 is 1.05 bits per heavy atom. The van der Waals surface area contributed by atoms with E-state index in [9.17, 15) is 0 Å². The van der Waals surface area contributed by atoms with E-state index >= 15 is 0 Å². The first-order chi connectivity index (χ1) is 9.20. The highest BCUT2D eigenvalue weighted by atomic mass is 16.5. The fraction of sp³-hybridized carbons (Fsp3) is 0.294. The van der Waals surface area contributed by atoms with Crippen LogP contribution in [0.1, 0.15) is 30.9 Å². The highest BCUT2D eigenvalue weighted by Gasteiger charge is 2.03. The summed E-state index contributed by atoms with van der Waals surface area (Å²) in [5, 5.41) is 3.45. The summed E-state index contributed by atoms with van der Waals surface area (Å²) < 4.78 is 5.36. The van der Waals surface area contributed by atoms with Crippen molar-refractivity contribution in [1.29, 1.82) is 0 Å². The molecule has 0 fully saturated rings. The molecule has 2 rings (SSSR count). The van der Waals surface area contributed by atoms with Gasteiger partial charge < -0.3 is 10.1 Å². The van der Waals surface area contributed by atoms with Crippen LogP contribution in [0.2, 0.25) is 0 Å². The van der Waals surface area contributed by atoms with Gasteiger partial charge in [0.1, 0.15) is 5.75 Å². The monoisotopic (exact) mass is 255 g/mol. The van der Waals surface area contributed by atoms with Gasteiger partial charge in [0.2, 0.25) is 0 Å². The van der Waals surface area contributed by atoms with Gasteiger partial charge in [0.15, 0.2) is 0 Å². The molecule has 2 aromatic carbocycles. The predicted octanol–water partition coefficient (Wildman–Crippen LogP) is 4.43. The summed E-state index contributed by atoms with van der Waals surface area (Å²) in [6.45, 7) is 5.18. The van der Waals surface area contributed by atoms with Crippen LogP contribution in [-0.4, -0.2) is 7.11 Å². The maximum atomic E-state index is 5.36. The number of hydrogen-bond acceptors (Lipinski definition) is 2. The Morgan fingerprint density at radius 2 is 1.84 bits per heavy atom. The number of methoxy groups -OCH3 is 1. The van der Waals surface area contributed by atoms with Gasteiger partial charge in [-0.05, 0) is 29.7 Å². The second-order valence-corrected chi connectivity index (χ2v) is 4.95. The number of nitrogens with one attached hydrogen (secondary N) is 1. The van der Waals surface area contributed by atoms with Gasteiger partial charge in [-0.3, -0.25) is 0 Å². The van der Waals surface area contributed by atoms with Crippen LogP contribution >= 0.6 is 0 Å². The standard InChI is InChI=1S/C17H21NO/c1-13(2)14-8-6-9-16(11-14)18-12-15-7-4-5-10-17(15)19-3/h4-11,13,18H,12H2,1-3H3. The molecule has 0 aliphatic heterocycles. The molecule has 19 heavy (non-hydrogen) atoms. The van der Waals surface area contributed by atoms with E-state index in [0.29, 0.717) is 5.92 Å². The number of hydrogen-bond donors (Lipinski definition) is 1. The Kier molecular flexibility index (Phi) is 4.45. The topological polar surface area (TPSA) is 21.3 Å². The van der Waals surface area contributed by atoms with Crippen LogP contribution in [0.3, 0.4) is 0 Å². The quantitative estimate of drug-likeness (QED) is 0.853. The first-order valence-corrected chi connectivity index (χ1v) is 6.66. The van der Waals surface area contributed by atoms with Crippen LogP contribution in [0.4, 0.5) is 5.69 Å². The molecule has 2 heteroatoms. The molecule has 0 aromatic heterocycles. The van der Waals surface area contributed by atoms with Crippen molar-refractivity contribution < 1.29 is 4.74 Å². The summed E-state index contributed by atoms with van der Waals surface area (Å²) in [4.78, 5) is 0. The van der Waals surface area contributed by atoms with Gasteiger partial charge in [-0.1, -0.05) is 44.2 Å². The normalized spacial score (nSPS) is 10.5. The van der Waals surface area contributed by atoms with Crippen LogP contribution < -0.4 is 10.1 Å². The second kappa shape index (κ2) is 6.28. The summed E-state index contributed by atoms with van der Waals surface area (Å²) in [5.41, 5.74) is 3.67. The Balaban J connectivity index is 2.08. The number of para-hydroxylation sites is 1. The molecule has 0 spiro atoms. The molecule has 100 valence electrons. The van der Waals surface area contributed by atoms with Gasteiger partial charge >= 0.3 is 0 Å². The molecule has 0 aliphatic rings. The van der Waals surface area contributed by atoms with E-state index < -0.39 is 0 Å². The molecule has 1 N–H and O–H groups in total. The minimum atomic E-state index is 0.549. The van der Waals surface area contributed by atoms with E-state index in [4.69, 9.17) is 4.74 Å². The molecule has 0 saturated heterocycles. The van der Waals surface area contributed by atoms with E-state index in [2.05, 4.69) is 49.5 Å². The lowest BCUT2D eigenvalue weighted by Crippen LogP contribution is -2.02. The van der Waals surface area contributed by atoms with E-state index in [1.54, 1.807) is 7.11 Å². The van der Waals surface area contributed by atoms with Gasteiger partial charge in [-0.2, -0.15) is 0 Å². The summed E-state index contributed by atoms with van der Waals surface area (Å²) in [5.74, 6) is 1.48. The van der Waals surface area contributed by atoms with Crippen molar-refractivity contribution in [3.63, 3.8) is 0 Å². The van der Waals surface area contributed by atoms with E-state index in [0.717, 1.165) is 18.0 Å². The Hall–Kier alpha value is -1.96. The zero-order chi connectivity index (χ0) is 13.7. The van der Waals surface area contributed by atoms with Crippen molar-refractivity contribution >= 4 is 5.69 Å². The fourth-order valence-electron chi connectivity index (χ4n) is 2.05. The molecular formula is C17H21NO. The second-order valence-electron chi connectivity index (χ2n) is 4.95. The predicted molar refractivity (Wildman–Crippen MR) is 80.9 cm³/mol. The lowest BCUT2D eigenvalue weighted by Gasteiger charge is -2.12. The van der Waals surface area contributed by atoms with Crippen LogP contribution in [0.5, 0.6) is 5.75 Å². The Morgan fingerprint density at radius 3 is 2.58 bits per heavy atom. The molecule has 0 heterocycles. The third kappa shape index (κ3) is 3.50. The number of benzene rings is 2. The van der Waals surface area contributed by atoms with E-state index in [1.807, 2.05) is 18.2 Å². The number of ether oxygens (including phenoxy) is 1.